The quantitative estimate of drug-likeness (QED) is 0.153. The number of piperidine rings is 1. The van der Waals surface area contributed by atoms with Gasteiger partial charge >= 0.3 is 6.18 Å². The van der Waals surface area contributed by atoms with E-state index in [1.165, 1.54) is 30.3 Å². The number of anilines is 1. The summed E-state index contributed by atoms with van der Waals surface area (Å²) in [7, 11) is 0. The molecule has 1 fully saturated rings. The van der Waals surface area contributed by atoms with Gasteiger partial charge in [-0.2, -0.15) is 13.2 Å². The van der Waals surface area contributed by atoms with Gasteiger partial charge in [0.1, 0.15) is 5.82 Å². The number of benzene rings is 1. The Hall–Kier alpha value is -3.70. The standard InChI is InChI=1S/C29H30F4N6S/c1-17(25-13-22(8-10-37-25)29(31,32)33)28-14-20(15-34)26(38-24-6-4-23(30)5-7-24)12-21(28)9-11-39(16-28)40-27(18(2)35)19(3)36/h4-8,10,12-13,15,34-35,38H,1,9,11,14,16,36H2,2-3H3/b27-19+,34-15?,35-18?. The van der Waals surface area contributed by atoms with Crippen molar-refractivity contribution >= 4 is 35.1 Å². The Labute approximate surface area is 234 Å². The summed E-state index contributed by atoms with van der Waals surface area (Å²) in [5.41, 5.74) is 8.57. The molecule has 1 aliphatic heterocycles. The van der Waals surface area contributed by atoms with Crippen LogP contribution in [0.3, 0.4) is 0 Å². The van der Waals surface area contributed by atoms with Gasteiger partial charge in [0.25, 0.3) is 0 Å². The maximum Gasteiger partial charge on any atom is 0.416 e. The van der Waals surface area contributed by atoms with E-state index >= 15 is 0 Å². The number of hydrogen-bond acceptors (Lipinski definition) is 7. The minimum atomic E-state index is -4.54. The maximum absolute atomic E-state index is 13.6. The fraction of sp³-hybridized carbons (Fsp3) is 0.276. The molecule has 2 aliphatic rings. The fourth-order valence-corrected chi connectivity index (χ4v) is 6.03. The number of nitrogens with two attached hydrogens (primary N) is 1. The van der Waals surface area contributed by atoms with Gasteiger partial charge in [-0.1, -0.05) is 12.2 Å². The molecule has 0 bridgehead atoms. The molecule has 0 radical (unpaired) electrons. The van der Waals surface area contributed by atoms with Crippen molar-refractivity contribution in [3.8, 4) is 0 Å². The Morgan fingerprint density at radius 1 is 1.23 bits per heavy atom. The average molecular weight is 571 g/mol. The number of allylic oxidation sites excluding steroid dienone is 4. The molecule has 1 unspecified atom stereocenters. The van der Waals surface area contributed by atoms with Crippen molar-refractivity contribution in [2.45, 2.75) is 32.9 Å². The third kappa shape index (κ3) is 6.05. The van der Waals surface area contributed by atoms with E-state index in [-0.39, 0.29) is 17.9 Å². The third-order valence-corrected chi connectivity index (χ3v) is 8.42. The Morgan fingerprint density at radius 2 is 1.93 bits per heavy atom. The third-order valence-electron chi connectivity index (χ3n) is 7.04. The zero-order chi connectivity index (χ0) is 29.2. The lowest BCUT2D eigenvalue weighted by atomic mass is 9.64. The summed E-state index contributed by atoms with van der Waals surface area (Å²) in [5, 5.41) is 19.6. The summed E-state index contributed by atoms with van der Waals surface area (Å²) in [6.07, 6.45) is 0.565. The topological polar surface area (TPSA) is 102 Å². The normalized spacial score (nSPS) is 20.3. The van der Waals surface area contributed by atoms with Crippen LogP contribution in [-0.2, 0) is 6.18 Å². The van der Waals surface area contributed by atoms with Gasteiger partial charge in [0.2, 0.25) is 0 Å². The second-order valence-electron chi connectivity index (χ2n) is 9.89. The lowest BCUT2D eigenvalue weighted by Gasteiger charge is -2.48. The second kappa shape index (κ2) is 11.4. The number of alkyl halides is 3. The second-order valence-corrected chi connectivity index (χ2v) is 11.0. The molecule has 6 nitrogen and oxygen atoms in total. The van der Waals surface area contributed by atoms with Crippen LogP contribution in [0, 0.1) is 22.1 Å². The lowest BCUT2D eigenvalue weighted by Crippen LogP contribution is -2.44. The van der Waals surface area contributed by atoms with Gasteiger partial charge in [-0.15, -0.1) is 0 Å². The number of pyridine rings is 1. The predicted molar refractivity (Wildman–Crippen MR) is 153 cm³/mol. The molecule has 11 heteroatoms. The molecule has 1 atom stereocenters. The van der Waals surface area contributed by atoms with E-state index in [1.54, 1.807) is 26.0 Å². The maximum atomic E-state index is 13.6. The molecule has 1 aromatic heterocycles. The smallest absolute Gasteiger partial charge is 0.401 e. The van der Waals surface area contributed by atoms with Crippen LogP contribution < -0.4 is 11.1 Å². The molecule has 1 aliphatic carbocycles. The zero-order valence-electron chi connectivity index (χ0n) is 22.1. The molecule has 5 N–H and O–H groups in total. The first-order chi connectivity index (χ1) is 18.8. The number of hydrogen-bond donors (Lipinski definition) is 4. The van der Waals surface area contributed by atoms with Gasteiger partial charge in [0, 0.05) is 53.7 Å². The van der Waals surface area contributed by atoms with Crippen molar-refractivity contribution < 1.29 is 17.6 Å². The summed E-state index contributed by atoms with van der Waals surface area (Å²) < 4.78 is 56.2. The molecule has 1 aromatic carbocycles. The SMILES string of the molecule is C=C(c1cc(C(F)(F)F)ccn1)C12CC(C=N)=C(Nc3ccc(F)cc3)C=C1CCN(S/C(C(C)=N)=C(\C)N)C2. The summed E-state index contributed by atoms with van der Waals surface area (Å²) in [5.74, 6) is -0.371. The Balaban J connectivity index is 1.78. The van der Waals surface area contributed by atoms with Crippen LogP contribution in [0.2, 0.25) is 0 Å². The highest BCUT2D eigenvalue weighted by Crippen LogP contribution is 2.53. The summed E-state index contributed by atoms with van der Waals surface area (Å²) in [4.78, 5) is 4.88. The minimum absolute atomic E-state index is 0.126. The van der Waals surface area contributed by atoms with Crippen molar-refractivity contribution in [3.63, 3.8) is 0 Å². The van der Waals surface area contributed by atoms with Crippen LogP contribution in [0.4, 0.5) is 23.2 Å². The largest absolute Gasteiger partial charge is 0.416 e. The van der Waals surface area contributed by atoms with Crippen LogP contribution >= 0.6 is 11.9 Å². The Kier molecular flexibility index (Phi) is 8.36. The van der Waals surface area contributed by atoms with Gasteiger partial charge in [0.05, 0.1) is 16.2 Å². The first-order valence-electron chi connectivity index (χ1n) is 12.5. The average Bonchev–Trinajstić information content (AvgIpc) is 2.91. The van der Waals surface area contributed by atoms with Crippen LogP contribution in [0.25, 0.3) is 5.57 Å². The van der Waals surface area contributed by atoms with Gasteiger partial charge in [-0.3, -0.25) is 4.98 Å². The van der Waals surface area contributed by atoms with E-state index in [0.717, 1.165) is 23.9 Å². The van der Waals surface area contributed by atoms with E-state index in [4.69, 9.17) is 16.6 Å². The highest BCUT2D eigenvalue weighted by molar-refractivity contribution is 8.01. The Bertz CT molecular complexity index is 1440. The van der Waals surface area contributed by atoms with E-state index in [2.05, 4.69) is 16.9 Å². The minimum Gasteiger partial charge on any atom is -0.401 e. The highest BCUT2D eigenvalue weighted by atomic mass is 32.2. The van der Waals surface area contributed by atoms with Gasteiger partial charge < -0.3 is 21.9 Å². The van der Waals surface area contributed by atoms with E-state index in [1.807, 2.05) is 10.4 Å². The molecule has 2 aromatic rings. The summed E-state index contributed by atoms with van der Waals surface area (Å²) in [6, 6.07) is 7.80. The molecule has 4 rings (SSSR count). The van der Waals surface area contributed by atoms with Gasteiger partial charge in [-0.25, -0.2) is 8.70 Å². The lowest BCUT2D eigenvalue weighted by molar-refractivity contribution is -0.137. The van der Waals surface area contributed by atoms with Gasteiger partial charge in [0.15, 0.2) is 0 Å². The number of aromatic nitrogens is 1. The van der Waals surface area contributed by atoms with Crippen LogP contribution in [-0.4, -0.2) is 34.3 Å². The first-order valence-corrected chi connectivity index (χ1v) is 13.3. The van der Waals surface area contributed by atoms with Crippen molar-refractivity contribution in [1.29, 1.82) is 10.8 Å². The molecule has 210 valence electrons. The number of halogens is 4. The monoisotopic (exact) mass is 570 g/mol. The number of nitrogens with zero attached hydrogens (tertiary/aromatic N) is 2. The molecule has 1 saturated heterocycles. The molecular formula is C29H30F4N6S. The molecule has 2 heterocycles. The summed E-state index contributed by atoms with van der Waals surface area (Å²) in [6.45, 7) is 8.59. The van der Waals surface area contributed by atoms with E-state index in [0.29, 0.717) is 58.4 Å². The van der Waals surface area contributed by atoms with Crippen LogP contribution in [0.15, 0.2) is 82.7 Å². The predicted octanol–water partition coefficient (Wildman–Crippen LogP) is 7.17. The van der Waals surface area contributed by atoms with E-state index in [9.17, 15) is 17.6 Å². The van der Waals surface area contributed by atoms with Crippen LogP contribution in [0.1, 0.15) is 37.9 Å². The van der Waals surface area contributed by atoms with Crippen molar-refractivity contribution in [2.24, 2.45) is 11.1 Å². The fourth-order valence-electron chi connectivity index (χ4n) is 5.02. The van der Waals surface area contributed by atoms with Crippen molar-refractivity contribution in [3.05, 3.63) is 99.8 Å². The van der Waals surface area contributed by atoms with Crippen molar-refractivity contribution in [2.75, 3.05) is 18.4 Å². The zero-order valence-corrected chi connectivity index (χ0v) is 22.9. The first kappa shape index (κ1) is 29.3. The summed E-state index contributed by atoms with van der Waals surface area (Å²) >= 11 is 1.34. The number of fused-ring (bicyclic) bond motifs is 1. The molecule has 0 amide bonds. The van der Waals surface area contributed by atoms with E-state index < -0.39 is 17.2 Å². The Morgan fingerprint density at radius 3 is 2.52 bits per heavy atom. The molecule has 0 saturated carbocycles. The number of rotatable bonds is 8. The highest BCUT2D eigenvalue weighted by Gasteiger charge is 2.46. The van der Waals surface area contributed by atoms with Gasteiger partial charge in [-0.05, 0) is 92.3 Å². The molecular weight excluding hydrogens is 540 g/mol. The molecule has 0 spiro atoms. The number of nitrogens with one attached hydrogen (secondary N) is 3. The van der Waals surface area contributed by atoms with Crippen molar-refractivity contribution in [1.82, 2.24) is 9.29 Å². The molecule has 40 heavy (non-hydrogen) atoms. The van der Waals surface area contributed by atoms with Crippen LogP contribution in [0.5, 0.6) is 0 Å².